The van der Waals surface area contributed by atoms with Crippen molar-refractivity contribution in [2.45, 2.75) is 12.5 Å². The quantitative estimate of drug-likeness (QED) is 0.540. The first-order chi connectivity index (χ1) is 9.67. The van der Waals surface area contributed by atoms with Gasteiger partial charge in [0.15, 0.2) is 0 Å². The molecule has 6 nitrogen and oxygen atoms in total. The van der Waals surface area contributed by atoms with Crippen LogP contribution in [0.4, 0.5) is 0 Å². The minimum absolute atomic E-state index is 0.634. The SMILES string of the molecule is CO[Si](CCCOc1ccccc1)(OC)OC.OBO. The van der Waals surface area contributed by atoms with Gasteiger partial charge in [0, 0.05) is 27.4 Å². The molecule has 20 heavy (non-hydrogen) atoms. The molecule has 0 amide bonds. The van der Waals surface area contributed by atoms with E-state index in [1.807, 2.05) is 30.3 Å². The third kappa shape index (κ3) is 7.63. The van der Waals surface area contributed by atoms with Crippen molar-refractivity contribution < 1.29 is 28.1 Å². The second-order valence-electron chi connectivity index (χ2n) is 3.70. The van der Waals surface area contributed by atoms with Crippen molar-refractivity contribution in [2.75, 3.05) is 27.9 Å². The van der Waals surface area contributed by atoms with Crippen molar-refractivity contribution >= 4 is 16.5 Å². The molecule has 0 radical (unpaired) electrons. The summed E-state index contributed by atoms with van der Waals surface area (Å²) in [5.74, 6) is 0.881. The van der Waals surface area contributed by atoms with Crippen LogP contribution in [0.25, 0.3) is 0 Å². The Morgan fingerprint density at radius 1 is 1.00 bits per heavy atom. The molecule has 0 spiro atoms. The van der Waals surface area contributed by atoms with Crippen LogP contribution in [0.15, 0.2) is 30.3 Å². The molecule has 1 aromatic rings. The molecule has 0 aromatic heterocycles. The summed E-state index contributed by atoms with van der Waals surface area (Å²) in [5, 5.41) is 14.2. The second-order valence-corrected chi connectivity index (χ2v) is 6.79. The van der Waals surface area contributed by atoms with Gasteiger partial charge in [-0.15, -0.1) is 0 Å². The zero-order valence-corrected chi connectivity index (χ0v) is 13.2. The van der Waals surface area contributed by atoms with Gasteiger partial charge in [0.05, 0.1) is 6.61 Å². The van der Waals surface area contributed by atoms with Crippen molar-refractivity contribution in [1.29, 1.82) is 0 Å². The van der Waals surface area contributed by atoms with Crippen LogP contribution < -0.4 is 4.74 Å². The molecule has 114 valence electrons. The minimum atomic E-state index is -2.44. The average Bonchev–Trinajstić information content (AvgIpc) is 2.50. The van der Waals surface area contributed by atoms with E-state index in [0.717, 1.165) is 18.2 Å². The van der Waals surface area contributed by atoms with E-state index in [-0.39, 0.29) is 0 Å². The Balaban J connectivity index is 0.00000110. The smallest absolute Gasteiger partial charge is 0.494 e. The van der Waals surface area contributed by atoms with Gasteiger partial charge in [-0.2, -0.15) is 0 Å². The standard InChI is InChI=1S/C12H20O4Si.BH3O2/c1-13-17(14-2,15-3)11-7-10-16-12-8-5-4-6-9-12;2-1-3/h4-6,8-9H,7,10-11H2,1-3H3;1-3H. The first-order valence-electron chi connectivity index (χ1n) is 6.23. The van der Waals surface area contributed by atoms with Crippen molar-refractivity contribution in [3.8, 4) is 5.75 Å². The lowest BCUT2D eigenvalue weighted by Crippen LogP contribution is -2.42. The Labute approximate surface area is 121 Å². The van der Waals surface area contributed by atoms with Gasteiger partial charge in [-0.05, 0) is 18.6 Å². The van der Waals surface area contributed by atoms with Gasteiger partial charge in [-0.25, -0.2) is 0 Å². The number of rotatable bonds is 8. The molecular formula is C12H23BO6Si. The van der Waals surface area contributed by atoms with Gasteiger partial charge in [0.25, 0.3) is 0 Å². The zero-order chi connectivity index (χ0) is 15.3. The highest BCUT2D eigenvalue weighted by molar-refractivity contribution is 6.60. The molecule has 0 saturated heterocycles. The van der Waals surface area contributed by atoms with Gasteiger partial charge < -0.3 is 28.1 Å². The molecule has 8 heteroatoms. The topological polar surface area (TPSA) is 77.4 Å². The maximum atomic E-state index is 7.12. The van der Waals surface area contributed by atoms with E-state index < -0.39 is 16.5 Å². The van der Waals surface area contributed by atoms with Crippen LogP contribution >= 0.6 is 0 Å². The summed E-state index contributed by atoms with van der Waals surface area (Å²) in [4.78, 5) is 0. The summed E-state index contributed by atoms with van der Waals surface area (Å²) in [5.41, 5.74) is 0. The van der Waals surface area contributed by atoms with E-state index in [4.69, 9.17) is 28.1 Å². The first kappa shape index (κ1) is 19.1. The summed E-state index contributed by atoms with van der Waals surface area (Å²) in [6.45, 7) is 0.634. The van der Waals surface area contributed by atoms with Crippen molar-refractivity contribution in [2.24, 2.45) is 0 Å². The minimum Gasteiger partial charge on any atom is -0.494 e. The monoisotopic (exact) mass is 302 g/mol. The van der Waals surface area contributed by atoms with E-state index in [0.29, 0.717) is 6.61 Å². The van der Waals surface area contributed by atoms with Crippen LogP contribution in [0.1, 0.15) is 6.42 Å². The summed E-state index contributed by atoms with van der Waals surface area (Å²) >= 11 is 0. The molecule has 0 bridgehead atoms. The van der Waals surface area contributed by atoms with Crippen LogP contribution in [0.5, 0.6) is 5.75 Å². The van der Waals surface area contributed by atoms with E-state index in [2.05, 4.69) is 0 Å². The Morgan fingerprint density at radius 2 is 1.50 bits per heavy atom. The molecule has 1 aromatic carbocycles. The van der Waals surface area contributed by atoms with Gasteiger partial charge in [-0.1, -0.05) is 18.2 Å². The van der Waals surface area contributed by atoms with Crippen molar-refractivity contribution in [3.63, 3.8) is 0 Å². The highest BCUT2D eigenvalue weighted by Gasteiger charge is 2.36. The number of benzene rings is 1. The molecule has 0 fully saturated rings. The van der Waals surface area contributed by atoms with E-state index in [1.54, 1.807) is 21.3 Å². The van der Waals surface area contributed by atoms with Gasteiger partial charge >= 0.3 is 16.5 Å². The molecule has 0 atom stereocenters. The Hall–Kier alpha value is -0.898. The Bertz CT molecular complexity index is 315. The Kier molecular flexibility index (Phi) is 11.4. The molecule has 0 unspecified atom stereocenters. The van der Waals surface area contributed by atoms with Crippen LogP contribution in [0.3, 0.4) is 0 Å². The third-order valence-corrected chi connectivity index (χ3v) is 5.40. The predicted octanol–water partition coefficient (Wildman–Crippen LogP) is 0.571. The fourth-order valence-electron chi connectivity index (χ4n) is 1.55. The molecule has 0 heterocycles. The van der Waals surface area contributed by atoms with Crippen molar-refractivity contribution in [3.05, 3.63) is 30.3 Å². The van der Waals surface area contributed by atoms with Crippen molar-refractivity contribution in [1.82, 2.24) is 0 Å². The van der Waals surface area contributed by atoms with Gasteiger partial charge in [0.1, 0.15) is 5.75 Å². The van der Waals surface area contributed by atoms with Crippen LogP contribution in [-0.4, -0.2) is 54.5 Å². The summed E-state index contributed by atoms with van der Waals surface area (Å²) in [6.07, 6.45) is 0.844. The summed E-state index contributed by atoms with van der Waals surface area (Å²) in [7, 11) is 1.68. The van der Waals surface area contributed by atoms with Gasteiger partial charge in [0.2, 0.25) is 0 Å². The average molecular weight is 302 g/mol. The summed E-state index contributed by atoms with van der Waals surface area (Å²) in [6, 6.07) is 10.5. The fraction of sp³-hybridized carbons (Fsp3) is 0.500. The lowest BCUT2D eigenvalue weighted by Gasteiger charge is -2.24. The van der Waals surface area contributed by atoms with Crippen LogP contribution in [-0.2, 0) is 13.3 Å². The molecule has 0 aliphatic heterocycles. The van der Waals surface area contributed by atoms with Crippen LogP contribution in [0, 0.1) is 0 Å². The first-order valence-corrected chi connectivity index (χ1v) is 8.16. The predicted molar refractivity (Wildman–Crippen MR) is 79.7 cm³/mol. The third-order valence-electron chi connectivity index (χ3n) is 2.57. The molecule has 0 saturated carbocycles. The van der Waals surface area contributed by atoms with E-state index >= 15 is 0 Å². The zero-order valence-electron chi connectivity index (χ0n) is 12.2. The maximum Gasteiger partial charge on any atom is 0.500 e. The largest absolute Gasteiger partial charge is 0.500 e. The maximum absolute atomic E-state index is 7.12. The number of hydrogen-bond acceptors (Lipinski definition) is 6. The van der Waals surface area contributed by atoms with E-state index in [1.165, 1.54) is 0 Å². The second kappa shape index (κ2) is 11.9. The number of para-hydroxylation sites is 1. The van der Waals surface area contributed by atoms with E-state index in [9.17, 15) is 0 Å². The highest BCUT2D eigenvalue weighted by Crippen LogP contribution is 2.16. The molecule has 1 rings (SSSR count). The van der Waals surface area contributed by atoms with Gasteiger partial charge in [-0.3, -0.25) is 0 Å². The lowest BCUT2D eigenvalue weighted by molar-refractivity contribution is 0.121. The number of ether oxygens (including phenoxy) is 1. The van der Waals surface area contributed by atoms with Crippen LogP contribution in [0.2, 0.25) is 6.04 Å². The fourth-order valence-corrected chi connectivity index (χ4v) is 3.24. The normalized spacial score (nSPS) is 10.4. The Morgan fingerprint density at radius 3 is 1.95 bits per heavy atom. The molecule has 0 aliphatic carbocycles. The molecule has 0 aliphatic rings. The summed E-state index contributed by atoms with van der Waals surface area (Å²) < 4.78 is 21.6. The highest BCUT2D eigenvalue weighted by atomic mass is 28.4. The number of hydrogen-bond donors (Lipinski definition) is 2. The molecular weight excluding hydrogens is 279 g/mol. The lowest BCUT2D eigenvalue weighted by atomic mass is 10.3. The molecule has 2 N–H and O–H groups in total.